The van der Waals surface area contributed by atoms with Crippen molar-refractivity contribution in [1.29, 1.82) is 0 Å². The molecule has 21 heavy (non-hydrogen) atoms. The minimum Gasteiger partial charge on any atom is -0.465 e. The predicted octanol–water partition coefficient (Wildman–Crippen LogP) is 3.65. The van der Waals surface area contributed by atoms with Crippen molar-refractivity contribution in [1.82, 2.24) is 14.9 Å². The zero-order valence-corrected chi connectivity index (χ0v) is 12.7. The topological polar surface area (TPSA) is 69.2 Å². The molecule has 1 aliphatic heterocycles. The molecule has 108 valence electrons. The summed E-state index contributed by atoms with van der Waals surface area (Å²) in [6.07, 6.45) is 2.82. The average Bonchev–Trinajstić information content (AvgIpc) is 2.90. The predicted molar refractivity (Wildman–Crippen MR) is 80.8 cm³/mol. The number of benzene rings is 1. The van der Waals surface area contributed by atoms with Crippen LogP contribution in [0.25, 0.3) is 11.3 Å². The van der Waals surface area contributed by atoms with E-state index in [1.165, 1.54) is 0 Å². The first kappa shape index (κ1) is 12.9. The summed E-state index contributed by atoms with van der Waals surface area (Å²) in [7, 11) is 0. The van der Waals surface area contributed by atoms with Crippen molar-refractivity contribution in [2.24, 2.45) is 5.92 Å². The Morgan fingerprint density at radius 3 is 2.81 bits per heavy atom. The third kappa shape index (κ3) is 2.14. The number of nitrogens with one attached hydrogen (secondary N) is 1. The Balaban J connectivity index is 1.62. The van der Waals surface area contributed by atoms with E-state index in [1.807, 2.05) is 24.3 Å². The van der Waals surface area contributed by atoms with E-state index in [0.29, 0.717) is 5.92 Å². The van der Waals surface area contributed by atoms with Crippen molar-refractivity contribution < 1.29 is 9.90 Å². The van der Waals surface area contributed by atoms with Crippen LogP contribution < -0.4 is 0 Å². The number of halogens is 1. The molecular weight excluding hydrogens is 334 g/mol. The van der Waals surface area contributed by atoms with E-state index >= 15 is 0 Å². The van der Waals surface area contributed by atoms with Crippen LogP contribution in [0.2, 0.25) is 0 Å². The third-order valence-corrected chi connectivity index (χ3v) is 4.92. The number of H-pyrrole nitrogens is 1. The minimum atomic E-state index is -0.841. The largest absolute Gasteiger partial charge is 0.465 e. The normalized spacial score (nSPS) is 26.7. The van der Waals surface area contributed by atoms with Gasteiger partial charge in [-0.05, 0) is 36.5 Å². The molecule has 6 heteroatoms. The van der Waals surface area contributed by atoms with Gasteiger partial charge in [0.15, 0.2) is 0 Å². The summed E-state index contributed by atoms with van der Waals surface area (Å²) in [6.45, 7) is 0. The molecule has 1 saturated heterocycles. The van der Waals surface area contributed by atoms with Crippen molar-refractivity contribution in [3.63, 3.8) is 0 Å². The lowest BCUT2D eigenvalue weighted by Gasteiger charge is -2.22. The van der Waals surface area contributed by atoms with E-state index in [9.17, 15) is 9.90 Å². The first-order valence-electron chi connectivity index (χ1n) is 6.95. The highest BCUT2D eigenvalue weighted by atomic mass is 79.9. The van der Waals surface area contributed by atoms with Gasteiger partial charge in [-0.15, -0.1) is 0 Å². The van der Waals surface area contributed by atoms with Gasteiger partial charge in [0.25, 0.3) is 0 Å². The summed E-state index contributed by atoms with van der Waals surface area (Å²) in [5, 5.41) is 9.38. The number of hydrogen-bond acceptors (Lipinski definition) is 2. The summed E-state index contributed by atoms with van der Waals surface area (Å²) in [6, 6.07) is 8.03. The number of piperidine rings is 1. The number of aromatic nitrogens is 2. The van der Waals surface area contributed by atoms with Crippen LogP contribution in [0.15, 0.2) is 34.9 Å². The van der Waals surface area contributed by atoms with Gasteiger partial charge < -0.3 is 10.1 Å². The maximum Gasteiger partial charge on any atom is 0.408 e. The van der Waals surface area contributed by atoms with E-state index in [2.05, 4.69) is 25.9 Å². The highest BCUT2D eigenvalue weighted by Crippen LogP contribution is 2.52. The molecule has 0 bridgehead atoms. The van der Waals surface area contributed by atoms with Crippen LogP contribution in [-0.2, 0) is 0 Å². The van der Waals surface area contributed by atoms with E-state index in [1.54, 1.807) is 11.1 Å². The number of fused-ring (bicyclic) bond motifs is 1. The molecule has 1 amide bonds. The van der Waals surface area contributed by atoms with Gasteiger partial charge in [0.1, 0.15) is 5.82 Å². The fraction of sp³-hybridized carbons (Fsp3) is 0.333. The SMILES string of the molecule is O=C(O)N1C(c2ncc(-c3ccc(Br)cc3)[nH]2)CC2CC21. The van der Waals surface area contributed by atoms with Crippen molar-refractivity contribution in [2.75, 3.05) is 0 Å². The van der Waals surface area contributed by atoms with Crippen molar-refractivity contribution in [3.8, 4) is 11.3 Å². The Kier molecular flexibility index (Phi) is 2.82. The second kappa shape index (κ2) is 4.59. The number of amides is 1. The van der Waals surface area contributed by atoms with Crippen LogP contribution in [0.1, 0.15) is 24.7 Å². The number of hydrogen-bond donors (Lipinski definition) is 2. The highest BCUT2D eigenvalue weighted by molar-refractivity contribution is 9.10. The smallest absolute Gasteiger partial charge is 0.408 e. The molecule has 2 heterocycles. The molecule has 4 rings (SSSR count). The summed E-state index contributed by atoms with van der Waals surface area (Å²) in [5.74, 6) is 1.27. The van der Waals surface area contributed by atoms with Crippen LogP contribution in [-0.4, -0.2) is 32.1 Å². The van der Waals surface area contributed by atoms with E-state index in [0.717, 1.165) is 34.4 Å². The molecule has 0 radical (unpaired) electrons. The summed E-state index contributed by atoms with van der Waals surface area (Å²) in [4.78, 5) is 20.7. The van der Waals surface area contributed by atoms with Crippen LogP contribution in [0.4, 0.5) is 4.79 Å². The van der Waals surface area contributed by atoms with Gasteiger partial charge in [0, 0.05) is 10.5 Å². The van der Waals surface area contributed by atoms with Gasteiger partial charge in [0.2, 0.25) is 0 Å². The lowest BCUT2D eigenvalue weighted by atomic mass is 10.1. The van der Waals surface area contributed by atoms with Crippen molar-refractivity contribution in [2.45, 2.75) is 24.9 Å². The Hall–Kier alpha value is -1.82. The summed E-state index contributed by atoms with van der Waals surface area (Å²) >= 11 is 3.41. The Morgan fingerprint density at radius 1 is 1.33 bits per heavy atom. The molecule has 2 N–H and O–H groups in total. The molecule has 0 spiro atoms. The zero-order valence-electron chi connectivity index (χ0n) is 11.2. The first-order chi connectivity index (χ1) is 10.1. The quantitative estimate of drug-likeness (QED) is 0.870. The molecule has 2 aliphatic rings. The Labute approximate surface area is 130 Å². The molecule has 3 unspecified atom stereocenters. The average molecular weight is 348 g/mol. The van der Waals surface area contributed by atoms with Crippen LogP contribution in [0.5, 0.6) is 0 Å². The van der Waals surface area contributed by atoms with Crippen LogP contribution >= 0.6 is 15.9 Å². The first-order valence-corrected chi connectivity index (χ1v) is 7.75. The van der Waals surface area contributed by atoms with Crippen LogP contribution in [0, 0.1) is 5.92 Å². The number of imidazole rings is 1. The molecule has 5 nitrogen and oxygen atoms in total. The number of nitrogens with zero attached hydrogens (tertiary/aromatic N) is 2. The molecular formula is C15H14BrN3O2. The van der Waals surface area contributed by atoms with Gasteiger partial charge in [-0.25, -0.2) is 9.78 Å². The summed E-state index contributed by atoms with van der Waals surface area (Å²) < 4.78 is 1.03. The van der Waals surface area contributed by atoms with E-state index < -0.39 is 6.09 Å². The molecule has 1 aromatic carbocycles. The second-order valence-electron chi connectivity index (χ2n) is 5.69. The van der Waals surface area contributed by atoms with Crippen molar-refractivity contribution in [3.05, 3.63) is 40.8 Å². The van der Waals surface area contributed by atoms with Crippen molar-refractivity contribution >= 4 is 22.0 Å². The molecule has 2 aromatic rings. The Morgan fingerprint density at radius 2 is 2.10 bits per heavy atom. The van der Waals surface area contributed by atoms with Gasteiger partial charge in [0.05, 0.1) is 17.9 Å². The van der Waals surface area contributed by atoms with Crippen LogP contribution in [0.3, 0.4) is 0 Å². The van der Waals surface area contributed by atoms with Gasteiger partial charge in [-0.1, -0.05) is 28.1 Å². The fourth-order valence-corrected chi connectivity index (χ4v) is 3.52. The third-order valence-electron chi connectivity index (χ3n) is 4.39. The number of rotatable bonds is 2. The zero-order chi connectivity index (χ0) is 14.6. The molecule has 1 aliphatic carbocycles. The lowest BCUT2D eigenvalue weighted by molar-refractivity contribution is 0.128. The summed E-state index contributed by atoms with van der Waals surface area (Å²) in [5.41, 5.74) is 1.96. The number of aromatic amines is 1. The second-order valence-corrected chi connectivity index (χ2v) is 6.61. The molecule has 3 atom stereocenters. The maximum absolute atomic E-state index is 11.4. The monoisotopic (exact) mass is 347 g/mol. The van der Waals surface area contributed by atoms with Gasteiger partial charge in [-0.3, -0.25) is 4.90 Å². The molecule has 2 fully saturated rings. The number of carboxylic acid groups (broad SMARTS) is 1. The standard InChI is InChI=1S/C15H14BrN3O2/c16-10-3-1-8(2-4-10)11-7-17-14(18-11)13-6-9-5-12(9)19(13)15(20)21/h1-4,7,9,12-13H,5-6H2,(H,17,18)(H,20,21). The fourth-order valence-electron chi connectivity index (χ4n) is 3.26. The van der Waals surface area contributed by atoms with E-state index in [-0.39, 0.29) is 12.1 Å². The maximum atomic E-state index is 11.4. The molecule has 1 aromatic heterocycles. The van der Waals surface area contributed by atoms with Gasteiger partial charge in [-0.2, -0.15) is 0 Å². The Bertz CT molecular complexity index is 697. The van der Waals surface area contributed by atoms with Gasteiger partial charge >= 0.3 is 6.09 Å². The van der Waals surface area contributed by atoms with E-state index in [4.69, 9.17) is 0 Å². The minimum absolute atomic E-state index is 0.129. The lowest BCUT2D eigenvalue weighted by Crippen LogP contribution is -2.32. The number of carbonyl (C=O) groups is 1. The highest BCUT2D eigenvalue weighted by Gasteiger charge is 2.55. The number of likely N-dealkylation sites (tertiary alicyclic amines) is 1. The molecule has 1 saturated carbocycles.